The molecular formula is C19H23NOS. The van der Waals surface area contributed by atoms with E-state index in [-0.39, 0.29) is 5.91 Å². The number of amides is 1. The number of thioether (sulfide) groups is 1. The number of rotatable bonds is 7. The van der Waals surface area contributed by atoms with E-state index in [1.807, 2.05) is 18.2 Å². The molecule has 0 spiro atoms. The lowest BCUT2D eigenvalue weighted by molar-refractivity contribution is -0.120. The van der Waals surface area contributed by atoms with E-state index in [0.29, 0.717) is 12.3 Å². The van der Waals surface area contributed by atoms with Gasteiger partial charge in [-0.2, -0.15) is 0 Å². The van der Waals surface area contributed by atoms with Gasteiger partial charge in [0.1, 0.15) is 0 Å². The predicted octanol–water partition coefficient (Wildman–Crippen LogP) is 4.26. The minimum absolute atomic E-state index is 0.0946. The number of hydrogen-bond acceptors (Lipinski definition) is 2. The second kappa shape index (κ2) is 8.64. The Balaban J connectivity index is 1.73. The summed E-state index contributed by atoms with van der Waals surface area (Å²) in [5, 5.41) is 3.02. The van der Waals surface area contributed by atoms with Crippen LogP contribution in [-0.4, -0.2) is 18.7 Å². The Labute approximate surface area is 137 Å². The van der Waals surface area contributed by atoms with Gasteiger partial charge in [-0.3, -0.25) is 4.79 Å². The summed E-state index contributed by atoms with van der Waals surface area (Å²) < 4.78 is 0. The van der Waals surface area contributed by atoms with Crippen molar-refractivity contribution in [2.45, 2.75) is 30.6 Å². The Bertz CT molecular complexity index is 580. The van der Waals surface area contributed by atoms with Crippen molar-refractivity contribution in [1.82, 2.24) is 5.32 Å². The van der Waals surface area contributed by atoms with E-state index >= 15 is 0 Å². The van der Waals surface area contributed by atoms with Gasteiger partial charge in [-0.15, -0.1) is 11.8 Å². The van der Waals surface area contributed by atoms with E-state index in [1.54, 1.807) is 11.8 Å². The van der Waals surface area contributed by atoms with Gasteiger partial charge in [-0.1, -0.05) is 49.4 Å². The SMILES string of the molecule is CSc1ccc(CC(=O)NCCC(C)c2ccccc2)cc1. The summed E-state index contributed by atoms with van der Waals surface area (Å²) >= 11 is 1.71. The lowest BCUT2D eigenvalue weighted by Crippen LogP contribution is -2.26. The first-order valence-corrected chi connectivity index (χ1v) is 8.86. The zero-order valence-corrected chi connectivity index (χ0v) is 14.0. The highest BCUT2D eigenvalue weighted by molar-refractivity contribution is 7.98. The van der Waals surface area contributed by atoms with E-state index in [0.717, 1.165) is 18.5 Å². The highest BCUT2D eigenvalue weighted by Gasteiger charge is 2.07. The molecule has 1 N–H and O–H groups in total. The van der Waals surface area contributed by atoms with E-state index in [2.05, 4.69) is 54.9 Å². The van der Waals surface area contributed by atoms with Crippen LogP contribution >= 0.6 is 11.8 Å². The molecule has 0 fully saturated rings. The lowest BCUT2D eigenvalue weighted by atomic mass is 9.98. The molecule has 2 rings (SSSR count). The Morgan fingerprint density at radius 1 is 1.09 bits per heavy atom. The van der Waals surface area contributed by atoms with Gasteiger partial charge in [-0.25, -0.2) is 0 Å². The molecule has 1 atom stereocenters. The first-order chi connectivity index (χ1) is 10.7. The fourth-order valence-corrected chi connectivity index (χ4v) is 2.78. The van der Waals surface area contributed by atoms with Crippen molar-refractivity contribution >= 4 is 17.7 Å². The Morgan fingerprint density at radius 3 is 2.41 bits per heavy atom. The largest absolute Gasteiger partial charge is 0.356 e. The van der Waals surface area contributed by atoms with Crippen LogP contribution in [-0.2, 0) is 11.2 Å². The molecule has 1 amide bonds. The topological polar surface area (TPSA) is 29.1 Å². The van der Waals surface area contributed by atoms with Gasteiger partial charge in [-0.05, 0) is 41.9 Å². The maximum absolute atomic E-state index is 12.0. The van der Waals surface area contributed by atoms with Gasteiger partial charge in [0.2, 0.25) is 5.91 Å². The van der Waals surface area contributed by atoms with Crippen molar-refractivity contribution in [1.29, 1.82) is 0 Å². The van der Waals surface area contributed by atoms with Crippen molar-refractivity contribution < 1.29 is 4.79 Å². The zero-order valence-electron chi connectivity index (χ0n) is 13.2. The molecule has 3 heteroatoms. The van der Waals surface area contributed by atoms with Crippen molar-refractivity contribution in [3.8, 4) is 0 Å². The third kappa shape index (κ3) is 5.23. The van der Waals surface area contributed by atoms with Gasteiger partial charge in [0.15, 0.2) is 0 Å². The normalized spacial score (nSPS) is 11.9. The molecule has 116 valence electrons. The number of hydrogen-bond donors (Lipinski definition) is 1. The summed E-state index contributed by atoms with van der Waals surface area (Å²) in [6, 6.07) is 18.6. The summed E-state index contributed by atoms with van der Waals surface area (Å²) in [4.78, 5) is 13.2. The Kier molecular flexibility index (Phi) is 6.53. The van der Waals surface area contributed by atoms with Crippen LogP contribution in [0.5, 0.6) is 0 Å². The van der Waals surface area contributed by atoms with Crippen molar-refractivity contribution in [3.05, 3.63) is 65.7 Å². The van der Waals surface area contributed by atoms with Crippen LogP contribution in [0.15, 0.2) is 59.5 Å². The Morgan fingerprint density at radius 2 is 1.77 bits per heavy atom. The van der Waals surface area contributed by atoms with E-state index in [1.165, 1.54) is 10.5 Å². The second-order valence-electron chi connectivity index (χ2n) is 5.48. The fourth-order valence-electron chi connectivity index (χ4n) is 2.37. The van der Waals surface area contributed by atoms with Crippen LogP contribution in [0, 0.1) is 0 Å². The lowest BCUT2D eigenvalue weighted by Gasteiger charge is -2.12. The first kappa shape index (κ1) is 16.6. The molecule has 0 aliphatic rings. The highest BCUT2D eigenvalue weighted by atomic mass is 32.2. The van der Waals surface area contributed by atoms with Gasteiger partial charge in [0.05, 0.1) is 6.42 Å². The molecule has 2 aromatic carbocycles. The van der Waals surface area contributed by atoms with Crippen LogP contribution in [0.25, 0.3) is 0 Å². The summed E-state index contributed by atoms with van der Waals surface area (Å²) in [5.74, 6) is 0.555. The summed E-state index contributed by atoms with van der Waals surface area (Å²) in [5.41, 5.74) is 2.39. The maximum Gasteiger partial charge on any atom is 0.224 e. The summed E-state index contributed by atoms with van der Waals surface area (Å²) in [6.07, 6.45) is 3.46. The predicted molar refractivity (Wildman–Crippen MR) is 94.4 cm³/mol. The minimum atomic E-state index is 0.0946. The molecule has 0 saturated carbocycles. The number of carbonyl (C=O) groups excluding carboxylic acids is 1. The number of carbonyl (C=O) groups is 1. The molecule has 0 radical (unpaired) electrons. The molecule has 22 heavy (non-hydrogen) atoms. The second-order valence-corrected chi connectivity index (χ2v) is 6.35. The molecule has 1 unspecified atom stereocenters. The van der Waals surface area contributed by atoms with Gasteiger partial charge in [0.25, 0.3) is 0 Å². The van der Waals surface area contributed by atoms with Crippen LogP contribution in [0.2, 0.25) is 0 Å². The molecule has 0 saturated heterocycles. The summed E-state index contributed by atoms with van der Waals surface area (Å²) in [7, 11) is 0. The van der Waals surface area contributed by atoms with Gasteiger partial charge in [0, 0.05) is 11.4 Å². The molecule has 2 aromatic rings. The van der Waals surface area contributed by atoms with Crippen molar-refractivity contribution in [3.63, 3.8) is 0 Å². The Hall–Kier alpha value is -1.74. The molecule has 0 aliphatic carbocycles. The van der Waals surface area contributed by atoms with E-state index < -0.39 is 0 Å². The zero-order chi connectivity index (χ0) is 15.8. The number of nitrogens with one attached hydrogen (secondary N) is 1. The third-order valence-electron chi connectivity index (χ3n) is 3.79. The molecule has 0 aliphatic heterocycles. The van der Waals surface area contributed by atoms with Crippen LogP contribution in [0.3, 0.4) is 0 Å². The van der Waals surface area contributed by atoms with E-state index in [4.69, 9.17) is 0 Å². The van der Waals surface area contributed by atoms with Crippen LogP contribution in [0.4, 0.5) is 0 Å². The molecular weight excluding hydrogens is 290 g/mol. The molecule has 0 bridgehead atoms. The van der Waals surface area contributed by atoms with Crippen LogP contribution in [0.1, 0.15) is 30.4 Å². The van der Waals surface area contributed by atoms with E-state index in [9.17, 15) is 4.79 Å². The van der Waals surface area contributed by atoms with Gasteiger partial charge >= 0.3 is 0 Å². The monoisotopic (exact) mass is 313 g/mol. The summed E-state index contributed by atoms with van der Waals surface area (Å²) in [6.45, 7) is 2.92. The number of benzene rings is 2. The quantitative estimate of drug-likeness (QED) is 0.774. The smallest absolute Gasteiger partial charge is 0.224 e. The van der Waals surface area contributed by atoms with Crippen molar-refractivity contribution in [2.75, 3.05) is 12.8 Å². The highest BCUT2D eigenvalue weighted by Crippen LogP contribution is 2.17. The van der Waals surface area contributed by atoms with Crippen LogP contribution < -0.4 is 5.32 Å². The van der Waals surface area contributed by atoms with Crippen molar-refractivity contribution in [2.24, 2.45) is 0 Å². The molecule has 0 heterocycles. The van der Waals surface area contributed by atoms with Gasteiger partial charge < -0.3 is 5.32 Å². The third-order valence-corrected chi connectivity index (χ3v) is 4.54. The molecule has 2 nitrogen and oxygen atoms in total. The fraction of sp³-hybridized carbons (Fsp3) is 0.316. The standard InChI is InChI=1S/C19H23NOS/c1-15(17-6-4-3-5-7-17)12-13-20-19(21)14-16-8-10-18(22-2)11-9-16/h3-11,15H,12-14H2,1-2H3,(H,20,21). The average Bonchev–Trinajstić information content (AvgIpc) is 2.56. The maximum atomic E-state index is 12.0. The minimum Gasteiger partial charge on any atom is -0.356 e. The first-order valence-electron chi connectivity index (χ1n) is 7.63. The average molecular weight is 313 g/mol. The molecule has 0 aromatic heterocycles.